The zero-order valence-corrected chi connectivity index (χ0v) is 16.9. The number of carbonyl (C=O) groups is 2. The molecule has 0 aromatic heterocycles. The highest BCUT2D eigenvalue weighted by atomic mass is 16.6. The fourth-order valence-corrected chi connectivity index (χ4v) is 4.39. The standard InChI is InChI=1S/C23H30N2O4/c26-22(11-9-17-8-10-20-21(15-17)29-14-13-28-20)25-12-4-5-18(16-25)23(27)24-19-6-2-1-3-7-19/h8-11,15,18-19H,1-7,12-14,16H2,(H,24,27)/b11-9+. The van der Waals surface area contributed by atoms with Crippen LogP contribution >= 0.6 is 0 Å². The number of amides is 2. The molecule has 156 valence electrons. The Morgan fingerprint density at radius 3 is 2.62 bits per heavy atom. The van der Waals surface area contributed by atoms with E-state index in [4.69, 9.17) is 9.47 Å². The van der Waals surface area contributed by atoms with Crippen molar-refractivity contribution < 1.29 is 19.1 Å². The van der Waals surface area contributed by atoms with Crippen molar-refractivity contribution in [1.82, 2.24) is 10.2 Å². The van der Waals surface area contributed by atoms with Crippen molar-refractivity contribution in [2.75, 3.05) is 26.3 Å². The highest BCUT2D eigenvalue weighted by Crippen LogP contribution is 2.31. The van der Waals surface area contributed by atoms with Crippen molar-refractivity contribution in [3.8, 4) is 11.5 Å². The van der Waals surface area contributed by atoms with E-state index in [1.165, 1.54) is 19.3 Å². The van der Waals surface area contributed by atoms with E-state index in [0.717, 1.165) is 37.0 Å². The van der Waals surface area contributed by atoms with Gasteiger partial charge in [-0.2, -0.15) is 0 Å². The largest absolute Gasteiger partial charge is 0.486 e. The first-order chi connectivity index (χ1) is 14.2. The van der Waals surface area contributed by atoms with Gasteiger partial charge in [-0.3, -0.25) is 9.59 Å². The molecule has 1 saturated carbocycles. The molecule has 1 aliphatic carbocycles. The fraction of sp³-hybridized carbons (Fsp3) is 0.565. The second-order valence-electron chi connectivity index (χ2n) is 8.20. The Bertz CT molecular complexity index is 770. The van der Waals surface area contributed by atoms with E-state index in [2.05, 4.69) is 5.32 Å². The minimum absolute atomic E-state index is 0.0462. The number of piperidine rings is 1. The molecule has 1 atom stereocenters. The molecule has 2 aliphatic heterocycles. The molecule has 6 heteroatoms. The lowest BCUT2D eigenvalue weighted by Crippen LogP contribution is -2.47. The molecule has 1 aromatic rings. The van der Waals surface area contributed by atoms with Crippen LogP contribution in [0.1, 0.15) is 50.5 Å². The van der Waals surface area contributed by atoms with Gasteiger partial charge in [-0.1, -0.05) is 25.3 Å². The lowest BCUT2D eigenvalue weighted by molar-refractivity contribution is -0.132. The Morgan fingerprint density at radius 1 is 1.00 bits per heavy atom. The molecular formula is C23H30N2O4. The third kappa shape index (κ3) is 5.11. The van der Waals surface area contributed by atoms with Gasteiger partial charge in [0.05, 0.1) is 5.92 Å². The number of carbonyl (C=O) groups excluding carboxylic acids is 2. The summed E-state index contributed by atoms with van der Waals surface area (Å²) in [5.41, 5.74) is 0.895. The first-order valence-electron chi connectivity index (χ1n) is 10.9. The summed E-state index contributed by atoms with van der Waals surface area (Å²) in [4.78, 5) is 27.1. The predicted molar refractivity (Wildman–Crippen MR) is 111 cm³/mol. The van der Waals surface area contributed by atoms with Crippen LogP contribution in [0.15, 0.2) is 24.3 Å². The average molecular weight is 399 g/mol. The van der Waals surface area contributed by atoms with E-state index >= 15 is 0 Å². The van der Waals surface area contributed by atoms with Crippen molar-refractivity contribution in [1.29, 1.82) is 0 Å². The molecule has 0 bridgehead atoms. The van der Waals surface area contributed by atoms with E-state index in [0.29, 0.717) is 38.1 Å². The number of fused-ring (bicyclic) bond motifs is 1. The van der Waals surface area contributed by atoms with Crippen LogP contribution in [0.4, 0.5) is 0 Å². The molecule has 0 spiro atoms. The van der Waals surface area contributed by atoms with Crippen molar-refractivity contribution in [2.45, 2.75) is 51.0 Å². The number of nitrogens with one attached hydrogen (secondary N) is 1. The van der Waals surface area contributed by atoms with Gasteiger partial charge in [0.15, 0.2) is 11.5 Å². The average Bonchev–Trinajstić information content (AvgIpc) is 2.78. The van der Waals surface area contributed by atoms with Crippen LogP contribution in [-0.4, -0.2) is 49.1 Å². The zero-order chi connectivity index (χ0) is 20.1. The summed E-state index contributed by atoms with van der Waals surface area (Å²) >= 11 is 0. The second kappa shape index (κ2) is 9.33. The number of hydrogen-bond donors (Lipinski definition) is 1. The summed E-state index contributed by atoms with van der Waals surface area (Å²) in [6.07, 6.45) is 10.9. The van der Waals surface area contributed by atoms with Gasteiger partial charge in [-0.15, -0.1) is 0 Å². The van der Waals surface area contributed by atoms with Crippen molar-refractivity contribution in [2.24, 2.45) is 5.92 Å². The molecule has 1 N–H and O–H groups in total. The highest BCUT2D eigenvalue weighted by molar-refractivity contribution is 5.92. The Balaban J connectivity index is 1.32. The molecule has 3 aliphatic rings. The fourth-order valence-electron chi connectivity index (χ4n) is 4.39. The normalized spacial score (nSPS) is 22.5. The van der Waals surface area contributed by atoms with E-state index in [1.807, 2.05) is 18.2 Å². The van der Waals surface area contributed by atoms with Crippen LogP contribution in [0.25, 0.3) is 6.08 Å². The summed E-state index contributed by atoms with van der Waals surface area (Å²) in [6, 6.07) is 5.98. The first kappa shape index (κ1) is 19.8. The molecule has 6 nitrogen and oxygen atoms in total. The summed E-state index contributed by atoms with van der Waals surface area (Å²) in [6.45, 7) is 2.31. The topological polar surface area (TPSA) is 67.9 Å². The van der Waals surface area contributed by atoms with Crippen LogP contribution in [-0.2, 0) is 9.59 Å². The molecular weight excluding hydrogens is 368 g/mol. The van der Waals surface area contributed by atoms with Crippen molar-refractivity contribution >= 4 is 17.9 Å². The van der Waals surface area contributed by atoms with Gasteiger partial charge in [0.2, 0.25) is 11.8 Å². The molecule has 1 saturated heterocycles. The van der Waals surface area contributed by atoms with Gasteiger partial charge in [-0.05, 0) is 49.5 Å². The smallest absolute Gasteiger partial charge is 0.246 e. The number of ether oxygens (including phenoxy) is 2. The van der Waals surface area contributed by atoms with Gasteiger partial charge >= 0.3 is 0 Å². The highest BCUT2D eigenvalue weighted by Gasteiger charge is 2.29. The molecule has 29 heavy (non-hydrogen) atoms. The van der Waals surface area contributed by atoms with Gasteiger partial charge in [0.1, 0.15) is 13.2 Å². The third-order valence-corrected chi connectivity index (χ3v) is 6.04. The number of benzene rings is 1. The molecule has 2 fully saturated rings. The quantitative estimate of drug-likeness (QED) is 0.791. The Morgan fingerprint density at radius 2 is 1.79 bits per heavy atom. The monoisotopic (exact) mass is 398 g/mol. The maximum absolute atomic E-state index is 12.7. The Kier molecular flexibility index (Phi) is 6.37. The van der Waals surface area contributed by atoms with E-state index in [1.54, 1.807) is 17.1 Å². The number of rotatable bonds is 4. The van der Waals surface area contributed by atoms with Gasteiger partial charge in [-0.25, -0.2) is 0 Å². The SMILES string of the molecule is O=C(NC1CCCCC1)C1CCCN(C(=O)/C=C/c2ccc3c(c2)OCCO3)C1. The molecule has 2 amide bonds. The molecule has 0 radical (unpaired) electrons. The molecule has 1 unspecified atom stereocenters. The predicted octanol–water partition coefficient (Wildman–Crippen LogP) is 3.16. The van der Waals surface area contributed by atoms with Crippen LogP contribution in [0, 0.1) is 5.92 Å². The zero-order valence-electron chi connectivity index (χ0n) is 16.9. The lowest BCUT2D eigenvalue weighted by Gasteiger charge is -2.33. The van der Waals surface area contributed by atoms with E-state index < -0.39 is 0 Å². The van der Waals surface area contributed by atoms with Crippen molar-refractivity contribution in [3.05, 3.63) is 29.8 Å². The minimum atomic E-state index is -0.0997. The number of likely N-dealkylation sites (tertiary alicyclic amines) is 1. The number of nitrogens with zero attached hydrogens (tertiary/aromatic N) is 1. The summed E-state index contributed by atoms with van der Waals surface area (Å²) < 4.78 is 11.1. The Hall–Kier alpha value is -2.50. The first-order valence-corrected chi connectivity index (χ1v) is 10.9. The summed E-state index contributed by atoms with van der Waals surface area (Å²) in [5.74, 6) is 1.42. The molecule has 1 aromatic carbocycles. The Labute approximate surface area is 172 Å². The van der Waals surface area contributed by atoms with Crippen LogP contribution in [0.5, 0.6) is 11.5 Å². The van der Waals surface area contributed by atoms with E-state index in [-0.39, 0.29) is 17.7 Å². The van der Waals surface area contributed by atoms with Gasteiger partial charge < -0.3 is 19.7 Å². The summed E-state index contributed by atoms with van der Waals surface area (Å²) in [5, 5.41) is 3.21. The lowest BCUT2D eigenvalue weighted by atomic mass is 9.93. The van der Waals surface area contributed by atoms with Crippen molar-refractivity contribution in [3.63, 3.8) is 0 Å². The summed E-state index contributed by atoms with van der Waals surface area (Å²) in [7, 11) is 0. The maximum atomic E-state index is 12.7. The molecule has 4 rings (SSSR count). The molecule has 2 heterocycles. The van der Waals surface area contributed by atoms with Gasteiger partial charge in [0.25, 0.3) is 0 Å². The maximum Gasteiger partial charge on any atom is 0.246 e. The van der Waals surface area contributed by atoms with Gasteiger partial charge in [0, 0.05) is 25.2 Å². The van der Waals surface area contributed by atoms with Crippen LogP contribution in [0.2, 0.25) is 0 Å². The minimum Gasteiger partial charge on any atom is -0.486 e. The van der Waals surface area contributed by atoms with E-state index in [9.17, 15) is 9.59 Å². The van der Waals surface area contributed by atoms with Crippen LogP contribution in [0.3, 0.4) is 0 Å². The second-order valence-corrected chi connectivity index (χ2v) is 8.20. The van der Waals surface area contributed by atoms with Crippen LogP contribution < -0.4 is 14.8 Å². The number of hydrogen-bond acceptors (Lipinski definition) is 4. The third-order valence-electron chi connectivity index (χ3n) is 6.04.